The predicted molar refractivity (Wildman–Crippen MR) is 86.5 cm³/mol. The molecule has 1 aromatic carbocycles. The summed E-state index contributed by atoms with van der Waals surface area (Å²) in [6.45, 7) is 3.79. The Bertz CT molecular complexity index is 701. The third-order valence-corrected chi connectivity index (χ3v) is 4.80. The van der Waals surface area contributed by atoms with Gasteiger partial charge in [-0.15, -0.1) is 0 Å². The summed E-state index contributed by atoms with van der Waals surface area (Å²) < 4.78 is 19.2. The Morgan fingerprint density at radius 1 is 1.26 bits per heavy atom. The van der Waals surface area contributed by atoms with Crippen molar-refractivity contribution in [3.8, 4) is 0 Å². The zero-order chi connectivity index (χ0) is 16.4. The van der Waals surface area contributed by atoms with Crippen LogP contribution >= 0.6 is 0 Å². The highest BCUT2D eigenvalue weighted by molar-refractivity contribution is 5.88. The van der Waals surface area contributed by atoms with Gasteiger partial charge in [-0.2, -0.15) is 0 Å². The van der Waals surface area contributed by atoms with E-state index < -0.39 is 5.41 Å². The molecule has 1 heterocycles. The van der Waals surface area contributed by atoms with Crippen LogP contribution in [0.5, 0.6) is 0 Å². The maximum Gasteiger partial charge on any atom is 0.231 e. The van der Waals surface area contributed by atoms with E-state index in [1.54, 1.807) is 6.07 Å². The van der Waals surface area contributed by atoms with Crippen LogP contribution in [0.1, 0.15) is 55.7 Å². The van der Waals surface area contributed by atoms with Crippen molar-refractivity contribution in [3.05, 3.63) is 59.3 Å². The maximum atomic E-state index is 13.6. The number of carbonyl (C=O) groups is 1. The number of hydrogen-bond donors (Lipinski definition) is 1. The molecule has 0 aliphatic heterocycles. The van der Waals surface area contributed by atoms with Gasteiger partial charge in [0.05, 0.1) is 11.5 Å². The molecule has 1 aliphatic carbocycles. The van der Waals surface area contributed by atoms with Crippen LogP contribution < -0.4 is 5.32 Å². The summed E-state index contributed by atoms with van der Waals surface area (Å²) in [4.78, 5) is 13.0. The van der Waals surface area contributed by atoms with Gasteiger partial charge in [-0.1, -0.05) is 25.0 Å². The number of halogens is 1. The monoisotopic (exact) mass is 315 g/mol. The summed E-state index contributed by atoms with van der Waals surface area (Å²) in [6.07, 6.45) is 3.48. The number of carbonyl (C=O) groups excluding carboxylic acids is 1. The van der Waals surface area contributed by atoms with Crippen LogP contribution in [-0.4, -0.2) is 5.91 Å². The molecular formula is C19H22FNO2. The summed E-state index contributed by atoms with van der Waals surface area (Å²) in [5.41, 5.74) is 0.146. The van der Waals surface area contributed by atoms with Crippen molar-refractivity contribution in [2.24, 2.45) is 0 Å². The molecule has 0 radical (unpaired) electrons. The number of furan rings is 1. The lowest BCUT2D eigenvalue weighted by molar-refractivity contribution is -0.127. The molecule has 0 spiro atoms. The topological polar surface area (TPSA) is 42.2 Å². The molecule has 0 saturated heterocycles. The van der Waals surface area contributed by atoms with Gasteiger partial charge >= 0.3 is 0 Å². The van der Waals surface area contributed by atoms with E-state index in [-0.39, 0.29) is 17.8 Å². The van der Waals surface area contributed by atoms with Crippen molar-refractivity contribution in [2.75, 3.05) is 0 Å². The highest BCUT2D eigenvalue weighted by atomic mass is 19.1. The summed E-state index contributed by atoms with van der Waals surface area (Å²) in [6, 6.07) is 10.00. The highest BCUT2D eigenvalue weighted by Gasteiger charge is 2.43. The molecule has 1 unspecified atom stereocenters. The minimum absolute atomic E-state index is 0.0397. The molecule has 2 aromatic rings. The number of rotatable bonds is 4. The first-order chi connectivity index (χ1) is 11.0. The van der Waals surface area contributed by atoms with Crippen LogP contribution in [0.4, 0.5) is 4.39 Å². The molecule has 3 nitrogen and oxygen atoms in total. The fourth-order valence-corrected chi connectivity index (χ4v) is 3.50. The maximum absolute atomic E-state index is 13.6. The molecule has 1 atom stereocenters. The number of aryl methyl sites for hydroxylation is 1. The van der Waals surface area contributed by atoms with Crippen LogP contribution in [0.25, 0.3) is 0 Å². The third-order valence-electron chi connectivity index (χ3n) is 4.80. The second-order valence-corrected chi connectivity index (χ2v) is 6.44. The lowest BCUT2D eigenvalue weighted by Crippen LogP contribution is -2.43. The Morgan fingerprint density at radius 3 is 2.61 bits per heavy atom. The zero-order valence-electron chi connectivity index (χ0n) is 13.6. The molecule has 4 heteroatoms. The fourth-order valence-electron chi connectivity index (χ4n) is 3.50. The van der Waals surface area contributed by atoms with E-state index in [0.717, 1.165) is 42.8 Å². The SMILES string of the molecule is Cc1ccc(C(C)NC(=O)C2(c3cccc(F)c3)CCCC2)o1. The van der Waals surface area contributed by atoms with E-state index in [4.69, 9.17) is 4.42 Å². The van der Waals surface area contributed by atoms with Crippen molar-refractivity contribution < 1.29 is 13.6 Å². The third kappa shape index (κ3) is 3.03. The van der Waals surface area contributed by atoms with Crippen molar-refractivity contribution in [3.63, 3.8) is 0 Å². The normalized spacial score (nSPS) is 17.9. The Hall–Kier alpha value is -2.10. The van der Waals surface area contributed by atoms with Gasteiger partial charge in [0.1, 0.15) is 17.3 Å². The summed E-state index contributed by atoms with van der Waals surface area (Å²) >= 11 is 0. The van der Waals surface area contributed by atoms with E-state index in [0.29, 0.717) is 0 Å². The van der Waals surface area contributed by atoms with Crippen molar-refractivity contribution in [1.82, 2.24) is 5.32 Å². The molecule has 1 aromatic heterocycles. The van der Waals surface area contributed by atoms with Crippen LogP contribution in [0.3, 0.4) is 0 Å². The second kappa shape index (κ2) is 6.19. The average Bonchev–Trinajstić information content (AvgIpc) is 3.16. The summed E-state index contributed by atoms with van der Waals surface area (Å²) in [7, 11) is 0. The largest absolute Gasteiger partial charge is 0.464 e. The van der Waals surface area contributed by atoms with E-state index in [9.17, 15) is 9.18 Å². The summed E-state index contributed by atoms with van der Waals surface area (Å²) in [5.74, 6) is 1.23. The highest BCUT2D eigenvalue weighted by Crippen LogP contribution is 2.42. The Labute approximate surface area is 135 Å². The molecule has 23 heavy (non-hydrogen) atoms. The standard InChI is InChI=1S/C19H22FNO2/c1-13-8-9-17(23-13)14(2)21-18(22)19(10-3-4-11-19)15-6-5-7-16(20)12-15/h5-9,12,14H,3-4,10-11H2,1-2H3,(H,21,22). The van der Waals surface area contributed by atoms with Crippen LogP contribution in [0.15, 0.2) is 40.8 Å². The number of nitrogens with one attached hydrogen (secondary N) is 1. The van der Waals surface area contributed by atoms with Crippen LogP contribution in [-0.2, 0) is 10.2 Å². The van der Waals surface area contributed by atoms with E-state index in [1.807, 2.05) is 32.0 Å². The van der Waals surface area contributed by atoms with E-state index in [1.165, 1.54) is 12.1 Å². The minimum atomic E-state index is -0.627. The Balaban J connectivity index is 1.85. The van der Waals surface area contributed by atoms with Gasteiger partial charge in [0, 0.05) is 0 Å². The van der Waals surface area contributed by atoms with Crippen LogP contribution in [0, 0.1) is 12.7 Å². The quantitative estimate of drug-likeness (QED) is 0.907. The minimum Gasteiger partial charge on any atom is -0.464 e. The van der Waals surface area contributed by atoms with Gasteiger partial charge in [-0.3, -0.25) is 4.79 Å². The van der Waals surface area contributed by atoms with Gasteiger partial charge in [0.15, 0.2) is 0 Å². The second-order valence-electron chi connectivity index (χ2n) is 6.44. The number of hydrogen-bond acceptors (Lipinski definition) is 2. The smallest absolute Gasteiger partial charge is 0.231 e. The number of amides is 1. The predicted octanol–water partition coefficient (Wildman–Crippen LogP) is 4.42. The van der Waals surface area contributed by atoms with Gasteiger partial charge in [-0.25, -0.2) is 4.39 Å². The fraction of sp³-hybridized carbons (Fsp3) is 0.421. The van der Waals surface area contributed by atoms with Crippen molar-refractivity contribution in [1.29, 1.82) is 0 Å². The molecule has 3 rings (SSSR count). The average molecular weight is 315 g/mol. The molecule has 122 valence electrons. The van der Waals surface area contributed by atoms with Gasteiger partial charge in [-0.05, 0) is 56.5 Å². The van der Waals surface area contributed by atoms with E-state index >= 15 is 0 Å². The van der Waals surface area contributed by atoms with Crippen molar-refractivity contribution in [2.45, 2.75) is 51.0 Å². The zero-order valence-corrected chi connectivity index (χ0v) is 13.6. The van der Waals surface area contributed by atoms with Gasteiger partial charge in [0.2, 0.25) is 5.91 Å². The molecule has 0 bridgehead atoms. The van der Waals surface area contributed by atoms with Gasteiger partial charge < -0.3 is 9.73 Å². The molecule has 1 amide bonds. The first-order valence-corrected chi connectivity index (χ1v) is 8.15. The first-order valence-electron chi connectivity index (χ1n) is 8.15. The van der Waals surface area contributed by atoms with Crippen LogP contribution in [0.2, 0.25) is 0 Å². The lowest BCUT2D eigenvalue weighted by atomic mass is 9.77. The molecule has 1 saturated carbocycles. The number of benzene rings is 1. The molecule has 1 fully saturated rings. The Morgan fingerprint density at radius 2 is 2.00 bits per heavy atom. The van der Waals surface area contributed by atoms with E-state index in [2.05, 4.69) is 5.32 Å². The molecular weight excluding hydrogens is 293 g/mol. The van der Waals surface area contributed by atoms with Gasteiger partial charge in [0.25, 0.3) is 0 Å². The lowest BCUT2D eigenvalue weighted by Gasteiger charge is -2.29. The first kappa shape index (κ1) is 15.8. The summed E-state index contributed by atoms with van der Waals surface area (Å²) in [5, 5.41) is 3.06. The Kier molecular flexibility index (Phi) is 4.24. The molecule has 1 N–H and O–H groups in total. The van der Waals surface area contributed by atoms with Crippen molar-refractivity contribution >= 4 is 5.91 Å². The molecule has 1 aliphatic rings.